The van der Waals surface area contributed by atoms with E-state index in [-0.39, 0.29) is 24.7 Å². The molecule has 0 spiro atoms. The quantitative estimate of drug-likeness (QED) is 0.678. The minimum atomic E-state index is -0.261. The minimum absolute atomic E-state index is 0.0252. The number of aliphatic hydroxyl groups excluding tert-OH is 1. The van der Waals surface area contributed by atoms with E-state index in [0.29, 0.717) is 13.0 Å². The van der Waals surface area contributed by atoms with E-state index >= 15 is 0 Å². The highest BCUT2D eigenvalue weighted by atomic mass is 16.5. The number of hydrogen-bond acceptors (Lipinski definition) is 3. The molecule has 1 fully saturated rings. The first kappa shape index (κ1) is 11.5. The third-order valence-electron chi connectivity index (χ3n) is 2.54. The van der Waals surface area contributed by atoms with Crippen LogP contribution in [0.2, 0.25) is 0 Å². The first-order chi connectivity index (χ1) is 6.77. The highest BCUT2D eigenvalue weighted by molar-refractivity contribution is 5.81. The summed E-state index contributed by atoms with van der Waals surface area (Å²) in [4.78, 5) is 11.6. The second-order valence-electron chi connectivity index (χ2n) is 3.63. The molecular weight excluding hydrogens is 182 g/mol. The normalized spacial score (nSPS) is 23.4. The summed E-state index contributed by atoms with van der Waals surface area (Å²) < 4.78 is 5.26. The Bertz CT molecular complexity index is 178. The van der Waals surface area contributed by atoms with Crippen molar-refractivity contribution in [2.75, 3.05) is 13.2 Å². The van der Waals surface area contributed by atoms with E-state index in [1.165, 1.54) is 0 Å². The van der Waals surface area contributed by atoms with Gasteiger partial charge >= 0.3 is 0 Å². The zero-order valence-corrected chi connectivity index (χ0v) is 8.66. The van der Waals surface area contributed by atoms with Crippen molar-refractivity contribution >= 4 is 5.91 Å². The summed E-state index contributed by atoms with van der Waals surface area (Å²) in [5, 5.41) is 11.6. The van der Waals surface area contributed by atoms with E-state index in [1.807, 2.05) is 6.92 Å². The van der Waals surface area contributed by atoms with Crippen molar-refractivity contribution < 1.29 is 14.6 Å². The third-order valence-corrected chi connectivity index (χ3v) is 2.54. The standard InChI is InChI=1S/C10H19NO3/c1-2-8(5-6-12)11-10(13)9-4-3-7-14-9/h8-9,12H,2-7H2,1H3,(H,11,13)/t8?,9-/m0/s1. The van der Waals surface area contributed by atoms with Gasteiger partial charge in [-0.3, -0.25) is 4.79 Å². The second-order valence-corrected chi connectivity index (χ2v) is 3.63. The van der Waals surface area contributed by atoms with Crippen molar-refractivity contribution in [1.29, 1.82) is 0 Å². The second kappa shape index (κ2) is 5.98. The fourth-order valence-corrected chi connectivity index (χ4v) is 1.61. The number of rotatable bonds is 5. The van der Waals surface area contributed by atoms with Gasteiger partial charge in [-0.2, -0.15) is 0 Å². The SMILES string of the molecule is CCC(CCO)NC(=O)[C@@H]1CCCO1. The first-order valence-electron chi connectivity index (χ1n) is 5.30. The van der Waals surface area contributed by atoms with Crippen molar-refractivity contribution in [2.45, 2.75) is 44.8 Å². The van der Waals surface area contributed by atoms with Gasteiger partial charge in [0.15, 0.2) is 0 Å². The lowest BCUT2D eigenvalue weighted by atomic mass is 10.1. The lowest BCUT2D eigenvalue weighted by Gasteiger charge is -2.18. The van der Waals surface area contributed by atoms with Gasteiger partial charge in [-0.15, -0.1) is 0 Å². The Balaban J connectivity index is 2.29. The Morgan fingerprint density at radius 3 is 3.00 bits per heavy atom. The minimum Gasteiger partial charge on any atom is -0.396 e. The first-order valence-corrected chi connectivity index (χ1v) is 5.30. The van der Waals surface area contributed by atoms with Crippen molar-refractivity contribution in [2.24, 2.45) is 0 Å². The van der Waals surface area contributed by atoms with E-state index in [2.05, 4.69) is 5.32 Å². The molecule has 0 aromatic carbocycles. The summed E-state index contributed by atoms with van der Waals surface area (Å²) in [6.45, 7) is 2.80. The highest BCUT2D eigenvalue weighted by Gasteiger charge is 2.24. The molecule has 0 aromatic rings. The fraction of sp³-hybridized carbons (Fsp3) is 0.900. The van der Waals surface area contributed by atoms with Gasteiger partial charge in [0.2, 0.25) is 5.91 Å². The van der Waals surface area contributed by atoms with Crippen LogP contribution in [0.3, 0.4) is 0 Å². The van der Waals surface area contributed by atoms with Gasteiger partial charge in [0.05, 0.1) is 0 Å². The number of ether oxygens (including phenoxy) is 1. The molecule has 0 radical (unpaired) electrons. The molecule has 1 aliphatic heterocycles. The molecule has 1 saturated heterocycles. The number of hydrogen-bond donors (Lipinski definition) is 2. The molecule has 82 valence electrons. The Hall–Kier alpha value is -0.610. The van der Waals surface area contributed by atoms with E-state index in [0.717, 1.165) is 19.3 Å². The molecule has 1 aliphatic rings. The third kappa shape index (κ3) is 3.27. The maximum absolute atomic E-state index is 11.6. The van der Waals surface area contributed by atoms with Crippen LogP contribution in [-0.2, 0) is 9.53 Å². The molecule has 0 bridgehead atoms. The van der Waals surface area contributed by atoms with Crippen LogP contribution in [0.5, 0.6) is 0 Å². The lowest BCUT2D eigenvalue weighted by molar-refractivity contribution is -0.130. The van der Waals surface area contributed by atoms with Crippen LogP contribution in [0.1, 0.15) is 32.6 Å². The van der Waals surface area contributed by atoms with Crippen molar-refractivity contribution in [1.82, 2.24) is 5.32 Å². The smallest absolute Gasteiger partial charge is 0.249 e. The summed E-state index contributed by atoms with van der Waals surface area (Å²) in [6.07, 6.45) is 2.99. The lowest BCUT2D eigenvalue weighted by Crippen LogP contribution is -2.41. The summed E-state index contributed by atoms with van der Waals surface area (Å²) >= 11 is 0. The monoisotopic (exact) mass is 201 g/mol. The number of carbonyl (C=O) groups excluding carboxylic acids is 1. The molecule has 4 heteroatoms. The van der Waals surface area contributed by atoms with Crippen LogP contribution >= 0.6 is 0 Å². The van der Waals surface area contributed by atoms with Crippen LogP contribution in [0.4, 0.5) is 0 Å². The molecule has 0 saturated carbocycles. The van der Waals surface area contributed by atoms with Gasteiger partial charge in [0.25, 0.3) is 0 Å². The van der Waals surface area contributed by atoms with E-state index in [9.17, 15) is 4.79 Å². The number of nitrogens with one attached hydrogen (secondary N) is 1. The van der Waals surface area contributed by atoms with Crippen LogP contribution in [0.25, 0.3) is 0 Å². The molecule has 4 nitrogen and oxygen atoms in total. The van der Waals surface area contributed by atoms with Crippen LogP contribution in [0, 0.1) is 0 Å². The van der Waals surface area contributed by atoms with Crippen molar-refractivity contribution in [3.63, 3.8) is 0 Å². The zero-order chi connectivity index (χ0) is 10.4. The Kier molecular flexibility index (Phi) is 4.90. The molecule has 1 unspecified atom stereocenters. The Labute approximate surface area is 84.6 Å². The molecule has 0 aromatic heterocycles. The number of carbonyl (C=O) groups is 1. The van der Waals surface area contributed by atoms with Gasteiger partial charge in [0, 0.05) is 19.3 Å². The average Bonchev–Trinajstić information content (AvgIpc) is 2.69. The van der Waals surface area contributed by atoms with Crippen LogP contribution in [0.15, 0.2) is 0 Å². The molecule has 1 heterocycles. The molecule has 2 N–H and O–H groups in total. The van der Waals surface area contributed by atoms with Crippen LogP contribution < -0.4 is 5.32 Å². The van der Waals surface area contributed by atoms with Crippen molar-refractivity contribution in [3.8, 4) is 0 Å². The molecule has 1 rings (SSSR count). The molecule has 1 amide bonds. The van der Waals surface area contributed by atoms with Crippen LogP contribution in [-0.4, -0.2) is 36.4 Å². The van der Waals surface area contributed by atoms with Gasteiger partial charge < -0.3 is 15.2 Å². The fourth-order valence-electron chi connectivity index (χ4n) is 1.61. The maximum atomic E-state index is 11.6. The summed E-state index contributed by atoms with van der Waals surface area (Å²) in [7, 11) is 0. The average molecular weight is 201 g/mol. The highest BCUT2D eigenvalue weighted by Crippen LogP contribution is 2.12. The van der Waals surface area contributed by atoms with Gasteiger partial charge in [-0.1, -0.05) is 6.92 Å². The predicted octanol–water partition coefficient (Wildman–Crippen LogP) is 0.443. The molecule has 2 atom stereocenters. The number of amides is 1. The van der Waals surface area contributed by atoms with Gasteiger partial charge in [-0.25, -0.2) is 0 Å². The zero-order valence-electron chi connectivity index (χ0n) is 8.66. The summed E-state index contributed by atoms with van der Waals surface area (Å²) in [5.41, 5.74) is 0. The Morgan fingerprint density at radius 1 is 1.71 bits per heavy atom. The van der Waals surface area contributed by atoms with E-state index in [4.69, 9.17) is 9.84 Å². The number of aliphatic hydroxyl groups is 1. The molecular formula is C10H19NO3. The van der Waals surface area contributed by atoms with E-state index < -0.39 is 0 Å². The van der Waals surface area contributed by atoms with Crippen molar-refractivity contribution in [3.05, 3.63) is 0 Å². The summed E-state index contributed by atoms with van der Waals surface area (Å²) in [6, 6.07) is 0.0803. The largest absolute Gasteiger partial charge is 0.396 e. The van der Waals surface area contributed by atoms with Gasteiger partial charge in [0.1, 0.15) is 6.10 Å². The summed E-state index contributed by atoms with van der Waals surface area (Å²) in [5.74, 6) is -0.0252. The topological polar surface area (TPSA) is 58.6 Å². The Morgan fingerprint density at radius 2 is 2.50 bits per heavy atom. The van der Waals surface area contributed by atoms with E-state index in [1.54, 1.807) is 0 Å². The molecule has 14 heavy (non-hydrogen) atoms. The predicted molar refractivity (Wildman–Crippen MR) is 52.9 cm³/mol. The maximum Gasteiger partial charge on any atom is 0.249 e. The van der Waals surface area contributed by atoms with Gasteiger partial charge in [-0.05, 0) is 25.7 Å². The molecule has 0 aliphatic carbocycles.